The van der Waals surface area contributed by atoms with Crippen LogP contribution in [0.2, 0.25) is 0 Å². The first-order valence-electron chi connectivity index (χ1n) is 3.50. The van der Waals surface area contributed by atoms with Gasteiger partial charge in [-0.05, 0) is 18.1 Å². The number of nitrogens with zero attached hydrogens (tertiary/aromatic N) is 1. The van der Waals surface area contributed by atoms with Crippen LogP contribution < -0.4 is 0 Å². The summed E-state index contributed by atoms with van der Waals surface area (Å²) in [4.78, 5) is 23.5. The van der Waals surface area contributed by atoms with Gasteiger partial charge >= 0.3 is 5.97 Å². The minimum Gasteiger partial charge on any atom is -0.472 e. The summed E-state index contributed by atoms with van der Waals surface area (Å²) >= 11 is 0. The Hall–Kier alpha value is -2.22. The van der Waals surface area contributed by atoms with Crippen molar-refractivity contribution in [1.29, 1.82) is 0 Å². The van der Waals surface area contributed by atoms with Crippen LogP contribution in [0.25, 0.3) is 0 Å². The number of carboxylic acid groups (broad SMARTS) is 1. The zero-order valence-electron chi connectivity index (χ0n) is 6.82. The summed E-state index contributed by atoms with van der Waals surface area (Å²) in [5.41, 5.74) is -0.221. The molecule has 1 rings (SSSR count). The van der Waals surface area contributed by atoms with Gasteiger partial charge in [0.25, 0.3) is 0 Å². The maximum absolute atomic E-state index is 12.8. The van der Waals surface area contributed by atoms with E-state index in [1.54, 1.807) is 5.92 Å². The van der Waals surface area contributed by atoms with Gasteiger partial charge in [-0.2, -0.15) is 4.39 Å². The van der Waals surface area contributed by atoms with E-state index in [9.17, 15) is 14.0 Å². The second-order valence-electron chi connectivity index (χ2n) is 2.25. The van der Waals surface area contributed by atoms with Crippen LogP contribution in [0.5, 0.6) is 0 Å². The van der Waals surface area contributed by atoms with E-state index in [1.807, 2.05) is 0 Å². The van der Waals surface area contributed by atoms with Gasteiger partial charge in [-0.25, -0.2) is 9.78 Å². The SMILES string of the molecule is O=Cc1ccc(C#CC(=O)O)nc1F. The Labute approximate surface area is 78.4 Å². The van der Waals surface area contributed by atoms with Gasteiger partial charge in [-0.3, -0.25) is 4.79 Å². The van der Waals surface area contributed by atoms with E-state index in [4.69, 9.17) is 5.11 Å². The van der Waals surface area contributed by atoms with Gasteiger partial charge in [-0.15, -0.1) is 0 Å². The summed E-state index contributed by atoms with van der Waals surface area (Å²) in [6, 6.07) is 2.45. The summed E-state index contributed by atoms with van der Waals surface area (Å²) in [5.74, 6) is 1.61. The molecule has 1 aromatic rings. The molecule has 1 N–H and O–H groups in total. The van der Waals surface area contributed by atoms with Crippen molar-refractivity contribution in [3.8, 4) is 11.8 Å². The number of rotatable bonds is 1. The fourth-order valence-electron chi connectivity index (χ4n) is 0.720. The summed E-state index contributed by atoms with van der Waals surface area (Å²) < 4.78 is 12.8. The molecule has 14 heavy (non-hydrogen) atoms. The lowest BCUT2D eigenvalue weighted by Gasteiger charge is -1.92. The quantitative estimate of drug-likeness (QED) is 0.400. The molecule has 1 heterocycles. The van der Waals surface area contributed by atoms with Crippen LogP contribution in [-0.4, -0.2) is 22.3 Å². The smallest absolute Gasteiger partial charge is 0.382 e. The van der Waals surface area contributed by atoms with Crippen molar-refractivity contribution in [3.63, 3.8) is 0 Å². The van der Waals surface area contributed by atoms with Crippen LogP contribution in [0.3, 0.4) is 0 Å². The molecular formula is C9H4FNO3. The third-order valence-electron chi connectivity index (χ3n) is 1.30. The molecule has 0 unspecified atom stereocenters. The van der Waals surface area contributed by atoms with Crippen LogP contribution >= 0.6 is 0 Å². The monoisotopic (exact) mass is 193 g/mol. The number of carbonyl (C=O) groups excluding carboxylic acids is 1. The number of aromatic nitrogens is 1. The van der Waals surface area contributed by atoms with Gasteiger partial charge in [0, 0.05) is 5.92 Å². The second kappa shape index (κ2) is 4.14. The van der Waals surface area contributed by atoms with Gasteiger partial charge in [-0.1, -0.05) is 0 Å². The summed E-state index contributed by atoms with van der Waals surface area (Å²) in [6.45, 7) is 0. The Morgan fingerprint density at radius 3 is 2.79 bits per heavy atom. The molecule has 0 aliphatic heterocycles. The van der Waals surface area contributed by atoms with Gasteiger partial charge in [0.2, 0.25) is 5.95 Å². The van der Waals surface area contributed by atoms with Crippen molar-refractivity contribution in [3.05, 3.63) is 29.3 Å². The van der Waals surface area contributed by atoms with Crippen molar-refractivity contribution < 1.29 is 19.1 Å². The van der Waals surface area contributed by atoms with E-state index in [-0.39, 0.29) is 11.3 Å². The maximum atomic E-state index is 12.8. The molecule has 0 bridgehead atoms. The van der Waals surface area contributed by atoms with Gasteiger partial charge < -0.3 is 5.11 Å². The van der Waals surface area contributed by atoms with E-state index in [0.717, 1.165) is 0 Å². The summed E-state index contributed by atoms with van der Waals surface area (Å²) in [6.07, 6.45) is 0.316. The van der Waals surface area contributed by atoms with Crippen molar-refractivity contribution in [2.75, 3.05) is 0 Å². The lowest BCUT2D eigenvalue weighted by atomic mass is 10.2. The van der Waals surface area contributed by atoms with Crippen molar-refractivity contribution in [2.45, 2.75) is 0 Å². The number of aliphatic carboxylic acids is 1. The molecule has 4 nitrogen and oxygen atoms in total. The zero-order chi connectivity index (χ0) is 10.6. The highest BCUT2D eigenvalue weighted by atomic mass is 19.1. The molecule has 0 saturated carbocycles. The Kier molecular flexibility index (Phi) is 2.92. The molecule has 0 saturated heterocycles. The summed E-state index contributed by atoms with van der Waals surface area (Å²) in [7, 11) is 0. The maximum Gasteiger partial charge on any atom is 0.382 e. The minimum atomic E-state index is -1.33. The Bertz CT molecular complexity index is 445. The number of pyridine rings is 1. The molecule has 0 radical (unpaired) electrons. The highest BCUT2D eigenvalue weighted by Crippen LogP contribution is 2.02. The molecule has 0 spiro atoms. The average molecular weight is 193 g/mol. The number of carboxylic acids is 1. The number of carbonyl (C=O) groups is 2. The van der Waals surface area contributed by atoms with Crippen molar-refractivity contribution in [2.24, 2.45) is 0 Å². The number of hydrogen-bond donors (Lipinski definition) is 1. The number of halogens is 1. The number of hydrogen-bond acceptors (Lipinski definition) is 3. The first-order valence-corrected chi connectivity index (χ1v) is 3.50. The fraction of sp³-hybridized carbons (Fsp3) is 0. The van der Waals surface area contributed by atoms with Crippen LogP contribution in [0.15, 0.2) is 12.1 Å². The predicted octanol–water partition coefficient (Wildman–Crippen LogP) is 0.469. The number of aldehydes is 1. The third-order valence-corrected chi connectivity index (χ3v) is 1.30. The lowest BCUT2D eigenvalue weighted by Crippen LogP contribution is -1.95. The molecule has 0 atom stereocenters. The highest BCUT2D eigenvalue weighted by molar-refractivity contribution is 5.87. The Morgan fingerprint density at radius 1 is 1.57 bits per heavy atom. The van der Waals surface area contributed by atoms with Gasteiger partial charge in [0.1, 0.15) is 5.69 Å². The molecular weight excluding hydrogens is 189 g/mol. The van der Waals surface area contributed by atoms with Gasteiger partial charge in [0.15, 0.2) is 6.29 Å². The Balaban J connectivity index is 3.05. The first kappa shape index (κ1) is 9.86. The molecule has 1 aromatic heterocycles. The molecule has 0 aliphatic carbocycles. The van der Waals surface area contributed by atoms with E-state index < -0.39 is 11.9 Å². The molecule has 0 fully saturated rings. The van der Waals surface area contributed by atoms with E-state index >= 15 is 0 Å². The molecule has 0 amide bonds. The molecule has 5 heteroatoms. The van der Waals surface area contributed by atoms with E-state index in [2.05, 4.69) is 10.9 Å². The van der Waals surface area contributed by atoms with Crippen molar-refractivity contribution >= 4 is 12.3 Å². The fourth-order valence-corrected chi connectivity index (χ4v) is 0.720. The van der Waals surface area contributed by atoms with Gasteiger partial charge in [0.05, 0.1) is 5.56 Å². The minimum absolute atomic E-state index is 0.0319. The lowest BCUT2D eigenvalue weighted by molar-refractivity contribution is -0.130. The van der Waals surface area contributed by atoms with Crippen LogP contribution in [0.4, 0.5) is 4.39 Å². The first-order chi connectivity index (χ1) is 6.63. The normalized spacial score (nSPS) is 8.64. The van der Waals surface area contributed by atoms with Crippen LogP contribution in [0, 0.1) is 17.8 Å². The topological polar surface area (TPSA) is 67.3 Å². The molecule has 0 aromatic carbocycles. The van der Waals surface area contributed by atoms with Crippen molar-refractivity contribution in [1.82, 2.24) is 4.98 Å². The Morgan fingerprint density at radius 2 is 2.29 bits per heavy atom. The average Bonchev–Trinajstić information content (AvgIpc) is 2.15. The third kappa shape index (κ3) is 2.38. The highest BCUT2D eigenvalue weighted by Gasteiger charge is 2.02. The standard InChI is InChI=1S/C9H4FNO3/c10-9-6(5-12)1-2-7(11-9)3-4-8(13)14/h1-2,5H,(H,13,14). The summed E-state index contributed by atoms with van der Waals surface area (Å²) in [5, 5.41) is 8.19. The molecule has 0 aliphatic rings. The second-order valence-corrected chi connectivity index (χ2v) is 2.25. The largest absolute Gasteiger partial charge is 0.472 e. The van der Waals surface area contributed by atoms with Crippen LogP contribution in [-0.2, 0) is 4.79 Å². The van der Waals surface area contributed by atoms with E-state index in [1.165, 1.54) is 12.1 Å². The zero-order valence-corrected chi connectivity index (χ0v) is 6.82. The molecule has 70 valence electrons. The van der Waals surface area contributed by atoms with E-state index in [0.29, 0.717) is 6.29 Å². The predicted molar refractivity (Wildman–Crippen MR) is 44.1 cm³/mol. The van der Waals surface area contributed by atoms with Crippen LogP contribution in [0.1, 0.15) is 16.1 Å².